The summed E-state index contributed by atoms with van der Waals surface area (Å²) in [5.41, 5.74) is 0.890. The molecule has 0 radical (unpaired) electrons. The third-order valence-electron chi connectivity index (χ3n) is 1.83. The summed E-state index contributed by atoms with van der Waals surface area (Å²) in [7, 11) is 0. The molecule has 0 aliphatic heterocycles. The first-order chi connectivity index (χ1) is 7.13. The Kier molecular flexibility index (Phi) is 6.10. The minimum Gasteiger partial charge on any atom is -0.481 e. The van der Waals surface area contributed by atoms with Gasteiger partial charge in [0.2, 0.25) is 0 Å². The Morgan fingerprint density at radius 1 is 1.44 bits per heavy atom. The predicted octanol–water partition coefficient (Wildman–Crippen LogP) is 2.57. The third kappa shape index (κ3) is 4.27. The summed E-state index contributed by atoms with van der Waals surface area (Å²) in [6, 6.07) is 6.11. The van der Waals surface area contributed by atoms with Gasteiger partial charge < -0.3 is 4.74 Å². The molecule has 6 heteroatoms. The number of nitrogens with zero attached hydrogens (tertiary/aromatic N) is 1. The van der Waals surface area contributed by atoms with Crippen molar-refractivity contribution in [2.75, 3.05) is 6.61 Å². The normalized spacial score (nSPS) is 9.06. The number of nitro benzene ring substituents is 1. The maximum absolute atomic E-state index is 10.4. The van der Waals surface area contributed by atoms with E-state index in [1.54, 1.807) is 12.1 Å². The van der Waals surface area contributed by atoms with Gasteiger partial charge in [-0.25, -0.2) is 0 Å². The molecule has 0 aliphatic rings. The van der Waals surface area contributed by atoms with Crippen molar-refractivity contribution in [2.45, 2.75) is 13.3 Å². The van der Waals surface area contributed by atoms with Gasteiger partial charge in [-0.2, -0.15) is 0 Å². The van der Waals surface area contributed by atoms with E-state index in [1.807, 2.05) is 6.92 Å². The number of non-ortho nitro benzene ring substituents is 1. The predicted molar refractivity (Wildman–Crippen MR) is 63.4 cm³/mol. The Labute approximate surface area is 99.5 Å². The lowest BCUT2D eigenvalue weighted by atomic mass is 10.1. The molecule has 0 bridgehead atoms. The summed E-state index contributed by atoms with van der Waals surface area (Å²) < 4.78 is 4.97. The Bertz CT molecular complexity index is 365. The molecule has 5 nitrogen and oxygen atoms in total. The maximum Gasteiger partial charge on any atom is 0.269 e. The zero-order chi connectivity index (χ0) is 11.3. The van der Waals surface area contributed by atoms with Gasteiger partial charge in [-0.1, -0.05) is 12.1 Å². The quantitative estimate of drug-likeness (QED) is 0.383. The molecule has 16 heavy (non-hydrogen) atoms. The van der Waals surface area contributed by atoms with Gasteiger partial charge in [0.05, 0.1) is 11.5 Å². The van der Waals surface area contributed by atoms with Crippen molar-refractivity contribution in [3.8, 4) is 0 Å². The molecule has 0 aliphatic carbocycles. The Balaban J connectivity index is 0.00000225. The summed E-state index contributed by atoms with van der Waals surface area (Å²) in [6.07, 6.45) is 0.367. The van der Waals surface area contributed by atoms with Crippen molar-refractivity contribution in [1.82, 2.24) is 0 Å². The van der Waals surface area contributed by atoms with Crippen LogP contribution in [0.4, 0.5) is 5.69 Å². The van der Waals surface area contributed by atoms with E-state index in [1.165, 1.54) is 12.1 Å². The number of hydrogen-bond donors (Lipinski definition) is 1. The van der Waals surface area contributed by atoms with Crippen LogP contribution in [0.2, 0.25) is 0 Å². The van der Waals surface area contributed by atoms with E-state index in [2.05, 4.69) is 0 Å². The van der Waals surface area contributed by atoms with E-state index in [0.717, 1.165) is 5.56 Å². The molecule has 0 fully saturated rings. The fraction of sp³-hybridized carbons (Fsp3) is 0.300. The van der Waals surface area contributed by atoms with Crippen molar-refractivity contribution >= 4 is 24.0 Å². The lowest BCUT2D eigenvalue weighted by Gasteiger charge is -2.04. The molecular weight excluding hydrogens is 232 g/mol. The molecule has 1 rings (SSSR count). The number of nitrogens with one attached hydrogen (secondary N) is 1. The SMILES string of the molecule is CCOC(=N)Cc1ccc([N+](=O)[O-])cc1.Cl. The monoisotopic (exact) mass is 244 g/mol. The number of ether oxygens (including phenoxy) is 1. The standard InChI is InChI=1S/C10H12N2O3.ClH/c1-2-15-10(11)7-8-3-5-9(6-4-8)12(13)14;/h3-6,11H,2,7H2,1H3;1H. The van der Waals surface area contributed by atoms with Crippen LogP contribution in [-0.4, -0.2) is 17.4 Å². The Morgan fingerprint density at radius 2 is 2.00 bits per heavy atom. The van der Waals surface area contributed by atoms with E-state index in [4.69, 9.17) is 10.1 Å². The second-order valence-corrected chi connectivity index (χ2v) is 2.96. The molecule has 1 aromatic rings. The van der Waals surface area contributed by atoms with Gasteiger partial charge >= 0.3 is 0 Å². The highest BCUT2D eigenvalue weighted by molar-refractivity contribution is 5.85. The Hall–Kier alpha value is -1.62. The van der Waals surface area contributed by atoms with Crippen LogP contribution in [0, 0.1) is 15.5 Å². The van der Waals surface area contributed by atoms with Gasteiger partial charge in [0.15, 0.2) is 5.90 Å². The molecule has 0 unspecified atom stereocenters. The fourth-order valence-electron chi connectivity index (χ4n) is 1.15. The second kappa shape index (κ2) is 6.79. The van der Waals surface area contributed by atoms with Gasteiger partial charge in [-0.05, 0) is 12.5 Å². The van der Waals surface area contributed by atoms with Gasteiger partial charge in [0.1, 0.15) is 0 Å². The smallest absolute Gasteiger partial charge is 0.269 e. The minimum absolute atomic E-state index is 0. The number of nitro groups is 1. The van der Waals surface area contributed by atoms with Crippen molar-refractivity contribution < 1.29 is 9.66 Å². The van der Waals surface area contributed by atoms with Crippen molar-refractivity contribution in [1.29, 1.82) is 5.41 Å². The Morgan fingerprint density at radius 3 is 2.44 bits per heavy atom. The van der Waals surface area contributed by atoms with Gasteiger partial charge in [0, 0.05) is 18.6 Å². The van der Waals surface area contributed by atoms with Crippen LogP contribution >= 0.6 is 12.4 Å². The van der Waals surface area contributed by atoms with Crippen LogP contribution in [0.5, 0.6) is 0 Å². The van der Waals surface area contributed by atoms with Crippen molar-refractivity contribution in [3.05, 3.63) is 39.9 Å². The largest absolute Gasteiger partial charge is 0.481 e. The number of hydrogen-bond acceptors (Lipinski definition) is 4. The topological polar surface area (TPSA) is 76.2 Å². The van der Waals surface area contributed by atoms with E-state index in [-0.39, 0.29) is 24.0 Å². The average Bonchev–Trinajstić information content (AvgIpc) is 2.18. The maximum atomic E-state index is 10.4. The van der Waals surface area contributed by atoms with Crippen LogP contribution in [-0.2, 0) is 11.2 Å². The molecule has 0 atom stereocenters. The van der Waals surface area contributed by atoms with Crippen LogP contribution < -0.4 is 0 Å². The molecule has 0 spiro atoms. The lowest BCUT2D eigenvalue weighted by Crippen LogP contribution is -2.06. The zero-order valence-electron chi connectivity index (χ0n) is 8.80. The first-order valence-corrected chi connectivity index (χ1v) is 4.57. The molecule has 0 saturated heterocycles. The van der Waals surface area contributed by atoms with Crippen molar-refractivity contribution in [2.24, 2.45) is 0 Å². The molecular formula is C10H13ClN2O3. The van der Waals surface area contributed by atoms with E-state index < -0.39 is 4.92 Å². The molecule has 0 amide bonds. The summed E-state index contributed by atoms with van der Waals surface area (Å²) in [5, 5.41) is 17.8. The van der Waals surface area contributed by atoms with Crippen LogP contribution in [0.25, 0.3) is 0 Å². The van der Waals surface area contributed by atoms with Crippen LogP contribution in [0.1, 0.15) is 12.5 Å². The highest BCUT2D eigenvalue weighted by Gasteiger charge is 2.05. The van der Waals surface area contributed by atoms with E-state index >= 15 is 0 Å². The highest BCUT2D eigenvalue weighted by atomic mass is 35.5. The average molecular weight is 245 g/mol. The first kappa shape index (κ1) is 14.4. The fourth-order valence-corrected chi connectivity index (χ4v) is 1.15. The molecule has 0 heterocycles. The molecule has 1 aromatic carbocycles. The van der Waals surface area contributed by atoms with E-state index in [0.29, 0.717) is 13.0 Å². The van der Waals surface area contributed by atoms with Crippen LogP contribution in [0.3, 0.4) is 0 Å². The third-order valence-corrected chi connectivity index (χ3v) is 1.83. The summed E-state index contributed by atoms with van der Waals surface area (Å²) in [5.74, 6) is 0.173. The highest BCUT2D eigenvalue weighted by Crippen LogP contribution is 2.12. The van der Waals surface area contributed by atoms with Gasteiger partial charge in [0.25, 0.3) is 5.69 Å². The summed E-state index contributed by atoms with van der Waals surface area (Å²) in [6.45, 7) is 2.27. The lowest BCUT2D eigenvalue weighted by molar-refractivity contribution is -0.384. The van der Waals surface area contributed by atoms with Gasteiger partial charge in [-0.3, -0.25) is 15.5 Å². The first-order valence-electron chi connectivity index (χ1n) is 4.57. The summed E-state index contributed by atoms with van der Waals surface area (Å²) in [4.78, 5) is 9.93. The van der Waals surface area contributed by atoms with Gasteiger partial charge in [-0.15, -0.1) is 12.4 Å². The second-order valence-electron chi connectivity index (χ2n) is 2.96. The van der Waals surface area contributed by atoms with E-state index in [9.17, 15) is 10.1 Å². The number of benzene rings is 1. The number of rotatable bonds is 4. The molecule has 0 aromatic heterocycles. The molecule has 88 valence electrons. The molecule has 0 saturated carbocycles. The van der Waals surface area contributed by atoms with Crippen LogP contribution in [0.15, 0.2) is 24.3 Å². The zero-order valence-corrected chi connectivity index (χ0v) is 9.62. The molecule has 1 N–H and O–H groups in total. The van der Waals surface area contributed by atoms with Crippen molar-refractivity contribution in [3.63, 3.8) is 0 Å². The number of halogens is 1. The summed E-state index contributed by atoms with van der Waals surface area (Å²) >= 11 is 0. The minimum atomic E-state index is -0.447.